The minimum absolute atomic E-state index is 0.705. The van der Waals surface area contributed by atoms with Crippen molar-refractivity contribution in [1.82, 2.24) is 0 Å². The molecule has 3 aliphatic carbocycles. The molecule has 1 unspecified atom stereocenters. The zero-order chi connectivity index (χ0) is 15.0. The van der Waals surface area contributed by atoms with Crippen LogP contribution < -0.4 is 0 Å². The Morgan fingerprint density at radius 2 is 1.71 bits per heavy atom. The molecule has 0 aromatic heterocycles. The number of hydrogen-bond donors (Lipinski definition) is 0. The number of rotatable bonds is 2. The molecule has 0 aromatic carbocycles. The predicted molar refractivity (Wildman–Crippen MR) is 90.2 cm³/mol. The molecular weight excluding hydrogens is 331 g/mol. The van der Waals surface area contributed by atoms with E-state index in [-0.39, 0.29) is 0 Å². The van der Waals surface area contributed by atoms with Gasteiger partial charge in [-0.15, -0.1) is 0 Å². The first-order chi connectivity index (χ1) is 10.1. The predicted octanol–water partition coefficient (Wildman–Crippen LogP) is 5.85. The molecule has 0 radical (unpaired) electrons. The molecule has 0 aromatic rings. The van der Waals surface area contributed by atoms with Crippen molar-refractivity contribution >= 4 is 3.21 Å². The third-order valence-electron chi connectivity index (χ3n) is 5.44. The topological polar surface area (TPSA) is 0 Å². The number of allylic oxidation sites excluding steroid dienone is 8. The van der Waals surface area contributed by atoms with Crippen LogP contribution in [0.2, 0.25) is 0 Å². The SMILES string of the molecule is CC1=C(C)C[C]([Zr]([C]2=C(C)C=CC2C)=[C]2CCCCC2)=C1. The molecule has 0 spiro atoms. The Labute approximate surface area is 137 Å². The van der Waals surface area contributed by atoms with Crippen LogP contribution in [-0.2, 0) is 21.3 Å². The molecule has 0 heterocycles. The second-order valence-electron chi connectivity index (χ2n) is 7.09. The summed E-state index contributed by atoms with van der Waals surface area (Å²) in [5, 5.41) is 0. The zero-order valence-corrected chi connectivity index (χ0v) is 16.5. The van der Waals surface area contributed by atoms with Crippen molar-refractivity contribution in [2.75, 3.05) is 0 Å². The van der Waals surface area contributed by atoms with Gasteiger partial charge in [-0.2, -0.15) is 0 Å². The molecule has 1 saturated carbocycles. The summed E-state index contributed by atoms with van der Waals surface area (Å²) < 4.78 is 5.78. The summed E-state index contributed by atoms with van der Waals surface area (Å²) in [4.78, 5) is 0. The first-order valence-electron chi connectivity index (χ1n) is 8.56. The van der Waals surface area contributed by atoms with Gasteiger partial charge < -0.3 is 0 Å². The van der Waals surface area contributed by atoms with Crippen LogP contribution in [0.15, 0.2) is 41.5 Å². The van der Waals surface area contributed by atoms with Crippen LogP contribution in [0, 0.1) is 5.92 Å². The van der Waals surface area contributed by atoms with Gasteiger partial charge in [0.05, 0.1) is 0 Å². The van der Waals surface area contributed by atoms with Crippen molar-refractivity contribution in [3.8, 4) is 0 Å². The first kappa shape index (κ1) is 15.6. The Bertz CT molecular complexity index is 600. The molecule has 0 N–H and O–H groups in total. The van der Waals surface area contributed by atoms with Gasteiger partial charge in [-0.1, -0.05) is 0 Å². The van der Waals surface area contributed by atoms with Crippen LogP contribution in [-0.4, -0.2) is 3.21 Å². The van der Waals surface area contributed by atoms with Crippen molar-refractivity contribution in [3.63, 3.8) is 0 Å². The fourth-order valence-corrected chi connectivity index (χ4v) is 13.6. The molecule has 1 fully saturated rings. The van der Waals surface area contributed by atoms with Crippen molar-refractivity contribution in [2.24, 2.45) is 5.92 Å². The minimum atomic E-state index is -1.76. The summed E-state index contributed by atoms with van der Waals surface area (Å²) in [5.74, 6) is 0.705. The molecule has 1 atom stereocenters. The Morgan fingerprint density at radius 1 is 1.00 bits per heavy atom. The van der Waals surface area contributed by atoms with E-state index in [2.05, 4.69) is 45.9 Å². The Morgan fingerprint density at radius 3 is 2.24 bits per heavy atom. The molecule has 0 nitrogen and oxygen atoms in total. The van der Waals surface area contributed by atoms with Crippen LogP contribution >= 0.6 is 0 Å². The van der Waals surface area contributed by atoms with E-state index in [1.807, 2.05) is 9.77 Å². The monoisotopic (exact) mass is 358 g/mol. The fraction of sp³-hybridized carbons (Fsp3) is 0.550. The molecule has 3 rings (SSSR count). The second kappa shape index (κ2) is 6.45. The van der Waals surface area contributed by atoms with E-state index < -0.39 is 21.3 Å². The Kier molecular flexibility index (Phi) is 4.79. The Hall–Kier alpha value is -0.287. The van der Waals surface area contributed by atoms with Crippen LogP contribution in [0.3, 0.4) is 0 Å². The summed E-state index contributed by atoms with van der Waals surface area (Å²) in [6.45, 7) is 9.44. The van der Waals surface area contributed by atoms with Crippen LogP contribution in [0.5, 0.6) is 0 Å². The number of hydrogen-bond acceptors (Lipinski definition) is 0. The van der Waals surface area contributed by atoms with Gasteiger partial charge in [0.1, 0.15) is 0 Å². The van der Waals surface area contributed by atoms with Gasteiger partial charge in [0.2, 0.25) is 0 Å². The van der Waals surface area contributed by atoms with Crippen molar-refractivity contribution in [2.45, 2.75) is 66.2 Å². The summed E-state index contributed by atoms with van der Waals surface area (Å²) in [6.07, 6.45) is 15.9. The quantitative estimate of drug-likeness (QED) is 0.580. The molecule has 0 bridgehead atoms. The van der Waals surface area contributed by atoms with Crippen molar-refractivity contribution in [3.05, 3.63) is 41.5 Å². The van der Waals surface area contributed by atoms with Gasteiger partial charge in [0.25, 0.3) is 0 Å². The molecule has 3 aliphatic rings. The summed E-state index contributed by atoms with van der Waals surface area (Å²) in [6, 6.07) is 0. The van der Waals surface area contributed by atoms with Crippen LogP contribution in [0.4, 0.5) is 0 Å². The van der Waals surface area contributed by atoms with E-state index in [4.69, 9.17) is 0 Å². The van der Waals surface area contributed by atoms with Gasteiger partial charge in [0.15, 0.2) is 0 Å². The molecular formula is C20H28Zr. The molecule has 0 amide bonds. The maximum absolute atomic E-state index is 2.58. The molecule has 1 heteroatoms. The Balaban J connectivity index is 2.06. The normalized spacial score (nSPS) is 26.0. The van der Waals surface area contributed by atoms with E-state index in [9.17, 15) is 0 Å². The molecule has 0 saturated heterocycles. The fourth-order valence-electron chi connectivity index (χ4n) is 4.10. The van der Waals surface area contributed by atoms with Crippen LogP contribution in [0.25, 0.3) is 0 Å². The molecule has 0 aliphatic heterocycles. The van der Waals surface area contributed by atoms with Gasteiger partial charge >= 0.3 is 138 Å². The molecule has 112 valence electrons. The third kappa shape index (κ3) is 3.09. The third-order valence-corrected chi connectivity index (χ3v) is 14.2. The average Bonchev–Trinajstić information content (AvgIpc) is 2.97. The van der Waals surface area contributed by atoms with Gasteiger partial charge in [-0.25, -0.2) is 0 Å². The maximum atomic E-state index is 2.58. The summed E-state index contributed by atoms with van der Waals surface area (Å²) in [5.41, 5.74) is 4.78. The van der Waals surface area contributed by atoms with E-state index in [1.54, 1.807) is 16.7 Å². The summed E-state index contributed by atoms with van der Waals surface area (Å²) in [7, 11) is 0. The van der Waals surface area contributed by atoms with E-state index in [0.717, 1.165) is 0 Å². The van der Waals surface area contributed by atoms with Crippen molar-refractivity contribution in [1.29, 1.82) is 0 Å². The van der Waals surface area contributed by atoms with Gasteiger partial charge in [0, 0.05) is 0 Å². The van der Waals surface area contributed by atoms with Crippen LogP contribution in [0.1, 0.15) is 66.2 Å². The van der Waals surface area contributed by atoms with E-state index >= 15 is 0 Å². The first-order valence-corrected chi connectivity index (χ1v) is 12.2. The van der Waals surface area contributed by atoms with E-state index in [1.165, 1.54) is 38.5 Å². The molecule has 21 heavy (non-hydrogen) atoms. The standard InChI is InChI=1S/2C7H9.C6H10.Zr/c1-6-3-4-7(2)5-6;1-6-4-3-5-7(6)2;1-2-4-6-5-3-1;/h3-4,6H,1-2H3;4H,5H2,1-2H3;1-5H2;. The van der Waals surface area contributed by atoms with Gasteiger partial charge in [-0.05, 0) is 0 Å². The second-order valence-corrected chi connectivity index (χ2v) is 13.6. The van der Waals surface area contributed by atoms with Crippen molar-refractivity contribution < 1.29 is 21.3 Å². The zero-order valence-electron chi connectivity index (χ0n) is 14.1. The average molecular weight is 360 g/mol. The van der Waals surface area contributed by atoms with Gasteiger partial charge in [-0.3, -0.25) is 0 Å². The summed E-state index contributed by atoms with van der Waals surface area (Å²) >= 11 is -1.76. The van der Waals surface area contributed by atoms with E-state index in [0.29, 0.717) is 5.92 Å².